The van der Waals surface area contributed by atoms with E-state index < -0.39 is 9.84 Å². The van der Waals surface area contributed by atoms with Gasteiger partial charge in [-0.25, -0.2) is 8.42 Å². The normalized spacial score (nSPS) is 11.6. The molecular formula is C15H16BrNO2S. The molecule has 0 aromatic heterocycles. The average molecular weight is 354 g/mol. The van der Waals surface area contributed by atoms with Crippen LogP contribution in [0.25, 0.3) is 0 Å². The molecule has 0 aliphatic carbocycles. The highest BCUT2D eigenvalue weighted by Gasteiger charge is 2.19. The monoisotopic (exact) mass is 353 g/mol. The molecule has 0 aliphatic heterocycles. The minimum absolute atomic E-state index is 0.0666. The lowest BCUT2D eigenvalue weighted by molar-refractivity contribution is 0.594. The van der Waals surface area contributed by atoms with Crippen LogP contribution in [0.3, 0.4) is 0 Å². The Morgan fingerprint density at radius 2 is 1.85 bits per heavy atom. The second-order valence-corrected chi connectivity index (χ2v) is 7.60. The van der Waals surface area contributed by atoms with Gasteiger partial charge in [-0.05, 0) is 58.6 Å². The molecule has 0 bridgehead atoms. The second kappa shape index (κ2) is 5.58. The molecule has 5 heteroatoms. The summed E-state index contributed by atoms with van der Waals surface area (Å²) in [6.45, 7) is 3.69. The fraction of sp³-hybridized carbons (Fsp3) is 0.200. The summed E-state index contributed by atoms with van der Waals surface area (Å²) in [5.41, 5.74) is 8.69. The van der Waals surface area contributed by atoms with E-state index in [0.29, 0.717) is 20.6 Å². The number of aryl methyl sites for hydroxylation is 2. The van der Waals surface area contributed by atoms with Crippen molar-refractivity contribution in [2.24, 2.45) is 0 Å². The Morgan fingerprint density at radius 1 is 1.15 bits per heavy atom. The first-order valence-corrected chi connectivity index (χ1v) is 8.58. The summed E-state index contributed by atoms with van der Waals surface area (Å²) in [6.07, 6.45) is 0. The predicted molar refractivity (Wildman–Crippen MR) is 85.4 cm³/mol. The molecule has 0 heterocycles. The van der Waals surface area contributed by atoms with Gasteiger partial charge in [0.1, 0.15) is 0 Å². The summed E-state index contributed by atoms with van der Waals surface area (Å²) in [6, 6.07) is 10.7. The number of rotatable bonds is 3. The molecule has 2 rings (SSSR count). The fourth-order valence-electron chi connectivity index (χ4n) is 2.04. The van der Waals surface area contributed by atoms with Crippen LogP contribution in [-0.4, -0.2) is 8.42 Å². The van der Waals surface area contributed by atoms with Gasteiger partial charge in [-0.15, -0.1) is 0 Å². The van der Waals surface area contributed by atoms with Gasteiger partial charge in [0, 0.05) is 10.2 Å². The average Bonchev–Trinajstić information content (AvgIpc) is 2.37. The molecule has 2 aromatic carbocycles. The van der Waals surface area contributed by atoms with Crippen LogP contribution in [0.4, 0.5) is 5.69 Å². The zero-order valence-corrected chi connectivity index (χ0v) is 13.8. The Labute approximate surface area is 127 Å². The van der Waals surface area contributed by atoms with E-state index in [1.165, 1.54) is 0 Å². The standard InChI is InChI=1S/C15H16BrNO2S/c1-10-6-7-11(2)14(8-10)20(18,19)9-12-4-3-5-13(17)15(12)16/h3-8H,9,17H2,1-2H3. The van der Waals surface area contributed by atoms with Gasteiger partial charge in [0.05, 0.1) is 10.6 Å². The first-order valence-electron chi connectivity index (χ1n) is 6.14. The molecule has 0 aliphatic rings. The summed E-state index contributed by atoms with van der Waals surface area (Å²) >= 11 is 3.35. The van der Waals surface area contributed by atoms with Crippen molar-refractivity contribution in [3.05, 3.63) is 57.6 Å². The SMILES string of the molecule is Cc1ccc(C)c(S(=O)(=O)Cc2cccc(N)c2Br)c1. The molecule has 0 saturated carbocycles. The molecule has 0 saturated heterocycles. The van der Waals surface area contributed by atoms with Gasteiger partial charge < -0.3 is 5.73 Å². The van der Waals surface area contributed by atoms with Crippen LogP contribution in [0.2, 0.25) is 0 Å². The number of benzene rings is 2. The quantitative estimate of drug-likeness (QED) is 0.857. The Bertz CT molecular complexity index is 754. The van der Waals surface area contributed by atoms with Crippen LogP contribution < -0.4 is 5.73 Å². The lowest BCUT2D eigenvalue weighted by Gasteiger charge is -2.11. The van der Waals surface area contributed by atoms with Crippen LogP contribution in [-0.2, 0) is 15.6 Å². The Kier molecular flexibility index (Phi) is 4.20. The number of hydrogen-bond donors (Lipinski definition) is 1. The number of anilines is 1. The number of sulfone groups is 1. The van der Waals surface area contributed by atoms with Crippen LogP contribution in [0.5, 0.6) is 0 Å². The topological polar surface area (TPSA) is 60.2 Å². The molecule has 20 heavy (non-hydrogen) atoms. The molecular weight excluding hydrogens is 338 g/mol. The van der Waals surface area contributed by atoms with Gasteiger partial charge >= 0.3 is 0 Å². The third-order valence-electron chi connectivity index (χ3n) is 3.13. The van der Waals surface area contributed by atoms with E-state index in [4.69, 9.17) is 5.73 Å². The van der Waals surface area contributed by atoms with E-state index in [2.05, 4.69) is 15.9 Å². The van der Waals surface area contributed by atoms with Crippen LogP contribution in [0.15, 0.2) is 45.8 Å². The molecule has 0 radical (unpaired) electrons. The molecule has 2 N–H and O–H groups in total. The van der Waals surface area contributed by atoms with Gasteiger partial charge in [0.25, 0.3) is 0 Å². The van der Waals surface area contributed by atoms with Gasteiger partial charge in [0.2, 0.25) is 0 Å². The van der Waals surface area contributed by atoms with Gasteiger partial charge in [-0.3, -0.25) is 0 Å². The first-order chi connectivity index (χ1) is 9.31. The molecule has 0 amide bonds. The molecule has 2 aromatic rings. The van der Waals surface area contributed by atoms with E-state index in [-0.39, 0.29) is 5.75 Å². The highest BCUT2D eigenvalue weighted by atomic mass is 79.9. The Hall–Kier alpha value is -1.33. The van der Waals surface area contributed by atoms with Crippen molar-refractivity contribution in [1.29, 1.82) is 0 Å². The Morgan fingerprint density at radius 3 is 2.55 bits per heavy atom. The third-order valence-corrected chi connectivity index (χ3v) is 5.90. The maximum absolute atomic E-state index is 12.6. The van der Waals surface area contributed by atoms with Crippen molar-refractivity contribution in [3.8, 4) is 0 Å². The summed E-state index contributed by atoms with van der Waals surface area (Å²) < 4.78 is 25.8. The number of halogens is 1. The lowest BCUT2D eigenvalue weighted by atomic mass is 10.2. The molecule has 3 nitrogen and oxygen atoms in total. The van der Waals surface area contributed by atoms with Gasteiger partial charge in [-0.1, -0.05) is 24.3 Å². The van der Waals surface area contributed by atoms with Gasteiger partial charge in [-0.2, -0.15) is 0 Å². The molecule has 106 valence electrons. The predicted octanol–water partition coefficient (Wildman–Crippen LogP) is 3.62. The molecule has 0 atom stereocenters. The van der Waals surface area contributed by atoms with Gasteiger partial charge in [0.15, 0.2) is 9.84 Å². The van der Waals surface area contributed by atoms with E-state index in [1.807, 2.05) is 19.1 Å². The smallest absolute Gasteiger partial charge is 0.182 e. The molecule has 0 unspecified atom stereocenters. The lowest BCUT2D eigenvalue weighted by Crippen LogP contribution is -2.08. The fourth-order valence-corrected chi connectivity index (χ4v) is 4.36. The minimum atomic E-state index is -3.39. The van der Waals surface area contributed by atoms with E-state index >= 15 is 0 Å². The number of hydrogen-bond acceptors (Lipinski definition) is 3. The van der Waals surface area contributed by atoms with Crippen molar-refractivity contribution >= 4 is 31.5 Å². The minimum Gasteiger partial charge on any atom is -0.398 e. The van der Waals surface area contributed by atoms with Crippen molar-refractivity contribution in [1.82, 2.24) is 0 Å². The van der Waals surface area contributed by atoms with Crippen molar-refractivity contribution in [3.63, 3.8) is 0 Å². The largest absolute Gasteiger partial charge is 0.398 e. The highest BCUT2D eigenvalue weighted by Crippen LogP contribution is 2.28. The van der Waals surface area contributed by atoms with E-state index in [9.17, 15) is 8.42 Å². The summed E-state index contributed by atoms with van der Waals surface area (Å²) in [5.74, 6) is -0.0666. The maximum atomic E-state index is 12.6. The van der Waals surface area contributed by atoms with E-state index in [0.717, 1.165) is 11.1 Å². The summed E-state index contributed by atoms with van der Waals surface area (Å²) in [4.78, 5) is 0.381. The van der Waals surface area contributed by atoms with Crippen molar-refractivity contribution in [2.75, 3.05) is 5.73 Å². The van der Waals surface area contributed by atoms with Crippen LogP contribution >= 0.6 is 15.9 Å². The third kappa shape index (κ3) is 3.04. The highest BCUT2D eigenvalue weighted by molar-refractivity contribution is 9.10. The van der Waals surface area contributed by atoms with E-state index in [1.54, 1.807) is 31.2 Å². The maximum Gasteiger partial charge on any atom is 0.182 e. The zero-order valence-electron chi connectivity index (χ0n) is 11.4. The van der Waals surface area contributed by atoms with Crippen molar-refractivity contribution < 1.29 is 8.42 Å². The molecule has 0 fully saturated rings. The van der Waals surface area contributed by atoms with Crippen LogP contribution in [0, 0.1) is 13.8 Å². The summed E-state index contributed by atoms with van der Waals surface area (Å²) in [5, 5.41) is 0. The van der Waals surface area contributed by atoms with Crippen LogP contribution in [0.1, 0.15) is 16.7 Å². The zero-order chi connectivity index (χ0) is 14.9. The number of nitrogens with two attached hydrogens (primary N) is 1. The number of nitrogen functional groups attached to an aromatic ring is 1. The first kappa shape index (κ1) is 15.1. The second-order valence-electron chi connectivity index (χ2n) is 4.85. The molecule has 0 spiro atoms. The summed E-state index contributed by atoms with van der Waals surface area (Å²) in [7, 11) is -3.39. The Balaban J connectivity index is 2.46. The van der Waals surface area contributed by atoms with Crippen molar-refractivity contribution in [2.45, 2.75) is 24.5 Å².